The second kappa shape index (κ2) is 3.73. The molecule has 1 aliphatic heterocycles. The zero-order valence-corrected chi connectivity index (χ0v) is 8.47. The number of amides is 1. The molecule has 4 nitrogen and oxygen atoms in total. The summed E-state index contributed by atoms with van der Waals surface area (Å²) >= 11 is 0. The number of nitrogens with zero attached hydrogens (tertiary/aromatic N) is 2. The lowest BCUT2D eigenvalue weighted by molar-refractivity contribution is -0.128. The number of hydrazone groups is 1. The normalized spacial score (nSPS) is 15.7. The van der Waals surface area contributed by atoms with Crippen LogP contribution in [-0.2, 0) is 4.79 Å². The van der Waals surface area contributed by atoms with Crippen molar-refractivity contribution in [3.8, 4) is 5.75 Å². The van der Waals surface area contributed by atoms with Gasteiger partial charge >= 0.3 is 0 Å². The predicted octanol–water partition coefficient (Wildman–Crippen LogP) is 1.35. The highest BCUT2D eigenvalue weighted by Crippen LogP contribution is 2.22. The third kappa shape index (κ3) is 1.70. The van der Waals surface area contributed by atoms with Gasteiger partial charge in [0.15, 0.2) is 0 Å². The van der Waals surface area contributed by atoms with Crippen molar-refractivity contribution in [3.63, 3.8) is 0 Å². The van der Waals surface area contributed by atoms with Gasteiger partial charge in [-0.3, -0.25) is 4.79 Å². The van der Waals surface area contributed by atoms with Gasteiger partial charge in [-0.1, -0.05) is 12.1 Å². The first-order valence-electron chi connectivity index (χ1n) is 4.88. The summed E-state index contributed by atoms with van der Waals surface area (Å²) in [7, 11) is 0. The second-order valence-corrected chi connectivity index (χ2v) is 3.35. The SMILES string of the molecule is CCN1N=C(c2ccccc2O)CC1=O. The molecule has 1 heterocycles. The maximum Gasteiger partial charge on any atom is 0.248 e. The van der Waals surface area contributed by atoms with Crippen LogP contribution >= 0.6 is 0 Å². The zero-order chi connectivity index (χ0) is 10.8. The molecular formula is C11H12N2O2. The van der Waals surface area contributed by atoms with Crippen LogP contribution in [0.5, 0.6) is 5.75 Å². The van der Waals surface area contributed by atoms with E-state index in [0.29, 0.717) is 17.8 Å². The van der Waals surface area contributed by atoms with Gasteiger partial charge in [0.25, 0.3) is 0 Å². The third-order valence-electron chi connectivity index (χ3n) is 2.36. The molecule has 1 aromatic carbocycles. The molecule has 0 aliphatic carbocycles. The van der Waals surface area contributed by atoms with E-state index in [4.69, 9.17) is 0 Å². The summed E-state index contributed by atoms with van der Waals surface area (Å²) in [6.45, 7) is 2.44. The van der Waals surface area contributed by atoms with Gasteiger partial charge in [0.1, 0.15) is 5.75 Å². The number of phenols is 1. The van der Waals surface area contributed by atoms with E-state index in [2.05, 4.69) is 5.10 Å². The summed E-state index contributed by atoms with van der Waals surface area (Å²) < 4.78 is 0. The van der Waals surface area contributed by atoms with Gasteiger partial charge in [-0.2, -0.15) is 5.10 Å². The number of carbonyl (C=O) groups excluding carboxylic acids is 1. The summed E-state index contributed by atoms with van der Waals surface area (Å²) in [4.78, 5) is 11.4. The fraction of sp³-hybridized carbons (Fsp3) is 0.273. The van der Waals surface area contributed by atoms with Gasteiger partial charge in [-0.05, 0) is 19.1 Å². The Morgan fingerprint density at radius 1 is 1.47 bits per heavy atom. The number of aromatic hydroxyl groups is 1. The molecule has 15 heavy (non-hydrogen) atoms. The van der Waals surface area contributed by atoms with Crippen LogP contribution in [0.3, 0.4) is 0 Å². The van der Waals surface area contributed by atoms with E-state index < -0.39 is 0 Å². The highest BCUT2D eigenvalue weighted by Gasteiger charge is 2.24. The summed E-state index contributed by atoms with van der Waals surface area (Å²) in [6.07, 6.45) is 0.269. The summed E-state index contributed by atoms with van der Waals surface area (Å²) in [6, 6.07) is 6.92. The van der Waals surface area contributed by atoms with Crippen LogP contribution in [-0.4, -0.2) is 28.3 Å². The van der Waals surface area contributed by atoms with Crippen molar-refractivity contribution < 1.29 is 9.90 Å². The minimum atomic E-state index is -0.0178. The molecule has 0 bridgehead atoms. The third-order valence-corrected chi connectivity index (χ3v) is 2.36. The molecule has 0 radical (unpaired) electrons. The van der Waals surface area contributed by atoms with Gasteiger partial charge < -0.3 is 5.11 Å². The van der Waals surface area contributed by atoms with E-state index in [1.807, 2.05) is 13.0 Å². The topological polar surface area (TPSA) is 52.9 Å². The summed E-state index contributed by atoms with van der Waals surface area (Å²) in [5.74, 6) is 0.151. The van der Waals surface area contributed by atoms with Crippen LogP contribution in [0, 0.1) is 0 Å². The molecule has 1 N–H and O–H groups in total. The Bertz CT molecular complexity index is 426. The fourth-order valence-electron chi connectivity index (χ4n) is 1.59. The number of hydrogen-bond acceptors (Lipinski definition) is 3. The Morgan fingerprint density at radius 2 is 2.20 bits per heavy atom. The molecule has 2 rings (SSSR count). The molecular weight excluding hydrogens is 192 g/mol. The van der Waals surface area contributed by atoms with E-state index in [-0.39, 0.29) is 18.1 Å². The van der Waals surface area contributed by atoms with Gasteiger partial charge in [0.2, 0.25) is 5.91 Å². The first-order chi connectivity index (χ1) is 7.22. The maximum atomic E-state index is 11.4. The van der Waals surface area contributed by atoms with Crippen LogP contribution in [0.4, 0.5) is 0 Å². The number of carbonyl (C=O) groups is 1. The minimum Gasteiger partial charge on any atom is -0.507 e. The van der Waals surface area contributed by atoms with Gasteiger partial charge in [0.05, 0.1) is 12.1 Å². The number of rotatable bonds is 2. The first kappa shape index (κ1) is 9.71. The highest BCUT2D eigenvalue weighted by molar-refractivity contribution is 6.14. The quantitative estimate of drug-likeness (QED) is 0.790. The van der Waals surface area contributed by atoms with E-state index >= 15 is 0 Å². The Kier molecular flexibility index (Phi) is 2.41. The van der Waals surface area contributed by atoms with Gasteiger partial charge in [-0.15, -0.1) is 0 Å². The molecule has 0 saturated heterocycles. The van der Waals surface area contributed by atoms with Crippen molar-refractivity contribution in [3.05, 3.63) is 29.8 Å². The molecule has 1 aliphatic rings. The molecule has 0 fully saturated rings. The summed E-state index contributed by atoms with van der Waals surface area (Å²) in [5.41, 5.74) is 1.28. The predicted molar refractivity (Wildman–Crippen MR) is 56.6 cm³/mol. The molecule has 1 amide bonds. The Hall–Kier alpha value is -1.84. The van der Waals surface area contributed by atoms with Crippen molar-refractivity contribution in [1.82, 2.24) is 5.01 Å². The number of para-hydroxylation sites is 1. The smallest absolute Gasteiger partial charge is 0.248 e. The number of phenolic OH excluding ortho intramolecular Hbond substituents is 1. The monoisotopic (exact) mass is 204 g/mol. The maximum absolute atomic E-state index is 11.4. The molecule has 1 aromatic rings. The first-order valence-corrected chi connectivity index (χ1v) is 4.88. The van der Waals surface area contributed by atoms with Crippen molar-refractivity contribution in [2.45, 2.75) is 13.3 Å². The van der Waals surface area contributed by atoms with Crippen LogP contribution in [0.15, 0.2) is 29.4 Å². The minimum absolute atomic E-state index is 0.0178. The van der Waals surface area contributed by atoms with Crippen LogP contribution in [0.25, 0.3) is 0 Å². The molecule has 4 heteroatoms. The lowest BCUT2D eigenvalue weighted by atomic mass is 10.1. The number of benzene rings is 1. The average molecular weight is 204 g/mol. The molecule has 0 spiro atoms. The van der Waals surface area contributed by atoms with Crippen LogP contribution in [0.2, 0.25) is 0 Å². The largest absolute Gasteiger partial charge is 0.507 e. The average Bonchev–Trinajstić information content (AvgIpc) is 2.60. The van der Waals surface area contributed by atoms with E-state index in [0.717, 1.165) is 0 Å². The molecule has 0 saturated carbocycles. The Labute approximate surface area is 87.8 Å². The molecule has 0 atom stereocenters. The zero-order valence-electron chi connectivity index (χ0n) is 8.47. The lowest BCUT2D eigenvalue weighted by Crippen LogP contribution is -2.19. The van der Waals surface area contributed by atoms with Crippen LogP contribution in [0.1, 0.15) is 18.9 Å². The van der Waals surface area contributed by atoms with E-state index in [9.17, 15) is 9.90 Å². The van der Waals surface area contributed by atoms with Crippen molar-refractivity contribution >= 4 is 11.6 Å². The van der Waals surface area contributed by atoms with Gasteiger partial charge in [-0.25, -0.2) is 5.01 Å². The highest BCUT2D eigenvalue weighted by atomic mass is 16.3. The fourth-order valence-corrected chi connectivity index (χ4v) is 1.59. The van der Waals surface area contributed by atoms with E-state index in [1.165, 1.54) is 5.01 Å². The van der Waals surface area contributed by atoms with Crippen molar-refractivity contribution in [2.24, 2.45) is 5.10 Å². The van der Waals surface area contributed by atoms with Crippen molar-refractivity contribution in [2.75, 3.05) is 6.54 Å². The summed E-state index contributed by atoms with van der Waals surface area (Å²) in [5, 5.41) is 15.2. The Morgan fingerprint density at radius 3 is 2.80 bits per heavy atom. The van der Waals surface area contributed by atoms with Gasteiger partial charge in [0, 0.05) is 12.1 Å². The van der Waals surface area contributed by atoms with Crippen LogP contribution < -0.4 is 0 Å². The Balaban J connectivity index is 2.34. The molecule has 0 unspecified atom stereocenters. The van der Waals surface area contributed by atoms with E-state index in [1.54, 1.807) is 18.2 Å². The standard InChI is InChI=1S/C11H12N2O2/c1-2-13-11(15)7-9(12-13)8-5-3-4-6-10(8)14/h3-6,14H,2,7H2,1H3. The van der Waals surface area contributed by atoms with Crippen molar-refractivity contribution in [1.29, 1.82) is 0 Å². The molecule has 0 aromatic heterocycles. The molecule has 78 valence electrons. The second-order valence-electron chi connectivity index (χ2n) is 3.35. The lowest BCUT2D eigenvalue weighted by Gasteiger charge is -2.05. The number of hydrogen-bond donors (Lipinski definition) is 1.